The summed E-state index contributed by atoms with van der Waals surface area (Å²) in [4.78, 5) is 16.8. The fourth-order valence-corrected chi connectivity index (χ4v) is 3.20. The molecule has 3 aromatic rings. The smallest absolute Gasteiger partial charge is 0.356 e. The summed E-state index contributed by atoms with van der Waals surface area (Å²) in [7, 11) is 0. The number of carboxylic acids is 1. The van der Waals surface area contributed by atoms with E-state index in [1.807, 2.05) is 23.5 Å². The van der Waals surface area contributed by atoms with Gasteiger partial charge in [-0.05, 0) is 24.6 Å². The van der Waals surface area contributed by atoms with Crippen LogP contribution in [0.3, 0.4) is 0 Å². The van der Waals surface area contributed by atoms with Crippen LogP contribution in [-0.4, -0.2) is 25.6 Å². The van der Waals surface area contributed by atoms with E-state index in [9.17, 15) is 9.90 Å². The summed E-state index contributed by atoms with van der Waals surface area (Å²) in [5.74, 6) is -0.766. The molecule has 0 aliphatic carbocycles. The molecule has 0 spiro atoms. The number of fused-ring (bicyclic) bond motifs is 1. The van der Waals surface area contributed by atoms with Crippen molar-refractivity contribution in [1.82, 2.24) is 9.38 Å². The fraction of sp³-hybridized carbons (Fsp3) is 0.143. The van der Waals surface area contributed by atoms with Crippen molar-refractivity contribution in [3.05, 3.63) is 52.3 Å². The molecule has 20 heavy (non-hydrogen) atoms. The quantitative estimate of drug-likeness (QED) is 0.777. The molecule has 0 saturated carbocycles. The van der Waals surface area contributed by atoms with Crippen molar-refractivity contribution >= 4 is 22.3 Å². The first-order chi connectivity index (χ1) is 9.54. The van der Waals surface area contributed by atoms with Crippen LogP contribution in [0.1, 0.15) is 26.6 Å². The first-order valence-corrected chi connectivity index (χ1v) is 6.85. The molecule has 1 aromatic carbocycles. The summed E-state index contributed by atoms with van der Waals surface area (Å²) < 4.78 is 1.81. The van der Waals surface area contributed by atoms with E-state index < -0.39 is 5.97 Å². The second-order valence-electron chi connectivity index (χ2n) is 4.54. The fourth-order valence-electron chi connectivity index (χ4n) is 2.06. The molecule has 2 N–H and O–H groups in total. The van der Waals surface area contributed by atoms with Crippen LogP contribution in [0.2, 0.25) is 0 Å². The topological polar surface area (TPSA) is 74.8 Å². The van der Waals surface area contributed by atoms with Crippen molar-refractivity contribution in [2.75, 3.05) is 0 Å². The van der Waals surface area contributed by atoms with E-state index in [1.165, 1.54) is 11.3 Å². The maximum absolute atomic E-state index is 10.9. The molecule has 2 heterocycles. The molecule has 102 valence electrons. The van der Waals surface area contributed by atoms with E-state index in [2.05, 4.69) is 4.98 Å². The van der Waals surface area contributed by atoms with Crippen LogP contribution < -0.4 is 0 Å². The van der Waals surface area contributed by atoms with Crippen LogP contribution in [0.25, 0.3) is 4.96 Å². The van der Waals surface area contributed by atoms with Crippen molar-refractivity contribution < 1.29 is 15.0 Å². The molecule has 5 nitrogen and oxygen atoms in total. The molecule has 0 aliphatic heterocycles. The number of phenols is 1. The highest BCUT2D eigenvalue weighted by Crippen LogP contribution is 2.26. The first-order valence-electron chi connectivity index (χ1n) is 6.03. The van der Waals surface area contributed by atoms with Crippen molar-refractivity contribution in [3.63, 3.8) is 0 Å². The number of benzene rings is 1. The third kappa shape index (κ3) is 2.14. The number of thiazole rings is 1. The lowest BCUT2D eigenvalue weighted by Crippen LogP contribution is -1.96. The molecular weight excluding hydrogens is 276 g/mol. The van der Waals surface area contributed by atoms with Crippen molar-refractivity contribution in [2.45, 2.75) is 13.3 Å². The number of aromatic nitrogens is 2. The summed E-state index contributed by atoms with van der Waals surface area (Å²) in [6.07, 6.45) is 2.28. The molecule has 0 saturated heterocycles. The maximum Gasteiger partial charge on any atom is 0.356 e. The minimum atomic E-state index is -1.01. The zero-order chi connectivity index (χ0) is 14.3. The Hall–Kier alpha value is -2.34. The molecule has 0 radical (unpaired) electrons. The summed E-state index contributed by atoms with van der Waals surface area (Å²) in [5, 5.41) is 18.2. The first kappa shape index (κ1) is 12.7. The van der Waals surface area contributed by atoms with Gasteiger partial charge in [0.05, 0.1) is 0 Å². The largest absolute Gasteiger partial charge is 0.508 e. The van der Waals surface area contributed by atoms with Gasteiger partial charge in [0.2, 0.25) is 0 Å². The van der Waals surface area contributed by atoms with Gasteiger partial charge in [-0.15, -0.1) is 11.3 Å². The van der Waals surface area contributed by atoms with E-state index in [1.54, 1.807) is 18.3 Å². The van der Waals surface area contributed by atoms with Gasteiger partial charge >= 0.3 is 5.97 Å². The maximum atomic E-state index is 10.9. The SMILES string of the molecule is Cc1c(Cc2ccc(O)cc2)sc2nc(C(=O)O)cn12. The number of rotatable bonds is 3. The number of hydrogen-bond donors (Lipinski definition) is 2. The highest BCUT2D eigenvalue weighted by atomic mass is 32.1. The van der Waals surface area contributed by atoms with Crippen molar-refractivity contribution in [2.24, 2.45) is 0 Å². The molecule has 3 rings (SSSR count). The second kappa shape index (κ2) is 4.64. The molecular formula is C14H12N2O3S. The van der Waals surface area contributed by atoms with Crippen molar-refractivity contribution in [3.8, 4) is 5.75 Å². The lowest BCUT2D eigenvalue weighted by molar-refractivity contribution is 0.0691. The normalized spacial score (nSPS) is 11.1. The molecule has 0 atom stereocenters. The van der Waals surface area contributed by atoms with Gasteiger partial charge in [-0.2, -0.15) is 0 Å². The predicted molar refractivity (Wildman–Crippen MR) is 75.7 cm³/mol. The van der Waals surface area contributed by atoms with Crippen LogP contribution in [-0.2, 0) is 6.42 Å². The number of nitrogens with zero attached hydrogens (tertiary/aromatic N) is 2. The summed E-state index contributed by atoms with van der Waals surface area (Å²) in [6, 6.07) is 7.07. The Morgan fingerprint density at radius 2 is 2.05 bits per heavy atom. The van der Waals surface area contributed by atoms with Gasteiger partial charge < -0.3 is 10.2 Å². The van der Waals surface area contributed by atoms with E-state index in [4.69, 9.17) is 5.11 Å². The lowest BCUT2D eigenvalue weighted by Gasteiger charge is -2.01. The summed E-state index contributed by atoms with van der Waals surface area (Å²) in [5.41, 5.74) is 2.16. The number of aryl methyl sites for hydroxylation is 1. The molecule has 2 aromatic heterocycles. The number of imidazole rings is 1. The van der Waals surface area contributed by atoms with E-state index >= 15 is 0 Å². The Balaban J connectivity index is 1.96. The number of carbonyl (C=O) groups is 1. The van der Waals surface area contributed by atoms with Gasteiger partial charge in [0.15, 0.2) is 10.7 Å². The number of aromatic carboxylic acids is 1. The Morgan fingerprint density at radius 1 is 1.35 bits per heavy atom. The standard InChI is InChI=1S/C14H12N2O3S/c1-8-12(6-9-2-4-10(17)5-3-9)20-14-15-11(13(18)19)7-16(8)14/h2-5,7,17H,6H2,1H3,(H,18,19). The van der Waals surface area contributed by atoms with Crippen LogP contribution in [0.4, 0.5) is 0 Å². The second-order valence-corrected chi connectivity index (χ2v) is 5.60. The lowest BCUT2D eigenvalue weighted by atomic mass is 10.1. The average molecular weight is 288 g/mol. The van der Waals surface area contributed by atoms with E-state index in [0.29, 0.717) is 4.96 Å². The Morgan fingerprint density at radius 3 is 2.65 bits per heavy atom. The van der Waals surface area contributed by atoms with Crippen molar-refractivity contribution in [1.29, 1.82) is 0 Å². The number of hydrogen-bond acceptors (Lipinski definition) is 4. The highest BCUT2D eigenvalue weighted by molar-refractivity contribution is 7.17. The molecule has 0 bridgehead atoms. The molecule has 6 heteroatoms. The monoisotopic (exact) mass is 288 g/mol. The Kier molecular flexibility index (Phi) is 2.94. The van der Waals surface area contributed by atoms with E-state index in [-0.39, 0.29) is 11.4 Å². The average Bonchev–Trinajstić information content (AvgIpc) is 2.94. The van der Waals surface area contributed by atoms with Crippen LogP contribution in [0.5, 0.6) is 5.75 Å². The minimum absolute atomic E-state index is 0.0653. The Bertz CT molecular complexity index is 787. The molecule has 0 fully saturated rings. The number of carboxylic acid groups (broad SMARTS) is 1. The van der Waals surface area contributed by atoms with Gasteiger partial charge in [-0.1, -0.05) is 12.1 Å². The van der Waals surface area contributed by atoms with Gasteiger partial charge in [-0.3, -0.25) is 4.40 Å². The number of aromatic hydroxyl groups is 1. The summed E-state index contributed by atoms with van der Waals surface area (Å²) in [6.45, 7) is 1.95. The minimum Gasteiger partial charge on any atom is -0.508 e. The van der Waals surface area contributed by atoms with E-state index in [0.717, 1.165) is 22.6 Å². The van der Waals surface area contributed by atoms with Gasteiger partial charge in [0.25, 0.3) is 0 Å². The predicted octanol–water partition coefficient (Wildman–Crippen LogP) is 2.70. The third-order valence-corrected chi connectivity index (χ3v) is 4.33. The van der Waals surface area contributed by atoms with Gasteiger partial charge in [0, 0.05) is 23.2 Å². The van der Waals surface area contributed by atoms with Gasteiger partial charge in [0.1, 0.15) is 5.75 Å². The Labute approximate surface area is 118 Å². The highest BCUT2D eigenvalue weighted by Gasteiger charge is 2.15. The van der Waals surface area contributed by atoms with Crippen LogP contribution in [0, 0.1) is 6.92 Å². The molecule has 0 amide bonds. The van der Waals surface area contributed by atoms with Crippen LogP contribution in [0.15, 0.2) is 30.5 Å². The van der Waals surface area contributed by atoms with Crippen LogP contribution >= 0.6 is 11.3 Å². The summed E-state index contributed by atoms with van der Waals surface area (Å²) >= 11 is 1.49. The number of phenolic OH excluding ortho intramolecular Hbond substituents is 1. The van der Waals surface area contributed by atoms with Gasteiger partial charge in [-0.25, -0.2) is 9.78 Å². The molecule has 0 aliphatic rings. The zero-order valence-corrected chi connectivity index (χ0v) is 11.5. The zero-order valence-electron chi connectivity index (χ0n) is 10.7. The molecule has 0 unspecified atom stereocenters. The third-order valence-electron chi connectivity index (χ3n) is 3.17.